The molecule has 2 amide bonds. The van der Waals surface area contributed by atoms with Gasteiger partial charge < -0.3 is 15.4 Å². The second-order valence-corrected chi connectivity index (χ2v) is 10.8. The minimum Gasteiger partial charge on any atom is -0.428 e. The highest BCUT2D eigenvalue weighted by Crippen LogP contribution is 2.39. The number of rotatable bonds is 11. The quantitative estimate of drug-likeness (QED) is 0.160. The van der Waals surface area contributed by atoms with Crippen molar-refractivity contribution in [2.75, 3.05) is 0 Å². The predicted molar refractivity (Wildman–Crippen MR) is 157 cm³/mol. The Hall–Kier alpha value is -4.94. The largest absolute Gasteiger partial charge is 0.461 e. The first-order chi connectivity index (χ1) is 22.0. The van der Waals surface area contributed by atoms with Crippen molar-refractivity contribution in [3.63, 3.8) is 0 Å². The number of carbonyl (C=O) groups excluding carboxylic acids is 2. The van der Waals surface area contributed by atoms with Crippen molar-refractivity contribution < 1.29 is 49.4 Å². The summed E-state index contributed by atoms with van der Waals surface area (Å²) in [5.41, 5.74) is -2.47. The minimum atomic E-state index is -5.00. The number of carbonyl (C=O) groups is 2. The molecule has 13 heteroatoms. The zero-order chi connectivity index (χ0) is 34.6. The van der Waals surface area contributed by atoms with Crippen molar-refractivity contribution in [1.82, 2.24) is 10.6 Å². The second-order valence-electron chi connectivity index (χ2n) is 10.8. The number of aryl methyl sites for hydroxylation is 1. The second kappa shape index (κ2) is 13.8. The first-order valence-corrected chi connectivity index (χ1v) is 14.0. The smallest absolute Gasteiger partial charge is 0.428 e. The molecule has 248 valence electrons. The molecular weight excluding hydrogens is 636 g/mol. The molecule has 0 aliphatic rings. The van der Waals surface area contributed by atoms with Crippen LogP contribution in [0.5, 0.6) is 5.75 Å². The lowest BCUT2D eigenvalue weighted by Gasteiger charge is -2.37. The highest BCUT2D eigenvalue weighted by molar-refractivity contribution is 5.95. The molecule has 0 unspecified atom stereocenters. The molecule has 0 bridgehead atoms. The fourth-order valence-corrected chi connectivity index (χ4v) is 5.00. The molecule has 47 heavy (non-hydrogen) atoms. The Bertz CT molecular complexity index is 1730. The van der Waals surface area contributed by atoms with E-state index in [9.17, 15) is 40.3 Å². The van der Waals surface area contributed by atoms with E-state index in [4.69, 9.17) is 0 Å². The number of ether oxygens (including phenoxy) is 1. The number of nitrogens with one attached hydrogen (secondary N) is 2. The van der Waals surface area contributed by atoms with Gasteiger partial charge in [0.05, 0.1) is 11.1 Å². The first-order valence-electron chi connectivity index (χ1n) is 14.0. The number of benzene rings is 4. The average molecular weight is 665 g/mol. The van der Waals surface area contributed by atoms with Gasteiger partial charge in [-0.1, -0.05) is 60.7 Å². The lowest BCUT2D eigenvalue weighted by Crippen LogP contribution is -2.49. The van der Waals surface area contributed by atoms with Crippen LogP contribution in [-0.2, 0) is 29.5 Å². The Morgan fingerprint density at radius 2 is 1.47 bits per heavy atom. The van der Waals surface area contributed by atoms with Crippen molar-refractivity contribution in [2.45, 2.75) is 51.1 Å². The highest BCUT2D eigenvalue weighted by Gasteiger charge is 2.45. The summed E-state index contributed by atoms with van der Waals surface area (Å²) in [5, 5.41) is 5.32. The number of amides is 2. The zero-order valence-electron chi connectivity index (χ0n) is 24.9. The molecule has 2 N–H and O–H groups in total. The van der Waals surface area contributed by atoms with Gasteiger partial charge in [-0.05, 0) is 59.0 Å². The summed E-state index contributed by atoms with van der Waals surface area (Å²) in [7, 11) is 0. The van der Waals surface area contributed by atoms with E-state index in [2.05, 4.69) is 15.4 Å². The maximum atomic E-state index is 15.1. The van der Waals surface area contributed by atoms with Gasteiger partial charge in [0, 0.05) is 31.5 Å². The van der Waals surface area contributed by atoms with E-state index in [0.717, 1.165) is 24.3 Å². The molecule has 0 heterocycles. The molecule has 0 radical (unpaired) electrons. The van der Waals surface area contributed by atoms with Crippen LogP contribution in [0.4, 0.5) is 35.1 Å². The van der Waals surface area contributed by atoms with Gasteiger partial charge in [-0.15, -0.1) is 0 Å². The van der Waals surface area contributed by atoms with Crippen LogP contribution in [0.25, 0.3) is 0 Å². The van der Waals surface area contributed by atoms with Crippen LogP contribution in [0.15, 0.2) is 91.0 Å². The van der Waals surface area contributed by atoms with Crippen molar-refractivity contribution in [3.8, 4) is 5.75 Å². The Kier molecular flexibility index (Phi) is 10.3. The number of halogens is 8. The van der Waals surface area contributed by atoms with Crippen molar-refractivity contribution in [3.05, 3.63) is 136 Å². The Morgan fingerprint density at radius 1 is 0.809 bits per heavy atom. The van der Waals surface area contributed by atoms with Crippen LogP contribution in [0.3, 0.4) is 0 Å². The summed E-state index contributed by atoms with van der Waals surface area (Å²) in [6.45, 7) is 2.64. The van der Waals surface area contributed by atoms with Gasteiger partial charge in [0.2, 0.25) is 5.91 Å². The van der Waals surface area contributed by atoms with Crippen LogP contribution in [0.2, 0.25) is 0 Å². The zero-order valence-corrected chi connectivity index (χ0v) is 24.9. The summed E-state index contributed by atoms with van der Waals surface area (Å²) in [4.78, 5) is 25.3. The fourth-order valence-electron chi connectivity index (χ4n) is 5.00. The first kappa shape index (κ1) is 34.9. The van der Waals surface area contributed by atoms with E-state index in [1.807, 2.05) is 0 Å². The van der Waals surface area contributed by atoms with Gasteiger partial charge in [-0.2, -0.15) is 30.7 Å². The monoisotopic (exact) mass is 664 g/mol. The van der Waals surface area contributed by atoms with Crippen molar-refractivity contribution in [1.29, 1.82) is 0 Å². The van der Waals surface area contributed by atoms with Gasteiger partial charge >= 0.3 is 18.7 Å². The molecule has 4 aromatic rings. The molecule has 0 aromatic heterocycles. The van der Waals surface area contributed by atoms with Gasteiger partial charge in [-0.3, -0.25) is 9.59 Å². The third-order valence-corrected chi connectivity index (χ3v) is 7.30. The summed E-state index contributed by atoms with van der Waals surface area (Å²) in [6, 6.07) is 19.5. The van der Waals surface area contributed by atoms with E-state index < -0.39 is 52.9 Å². The number of hydrogen-bond donors (Lipinski definition) is 2. The molecule has 5 nitrogen and oxygen atoms in total. The number of hydrogen-bond acceptors (Lipinski definition) is 3. The van der Waals surface area contributed by atoms with Crippen molar-refractivity contribution >= 4 is 11.8 Å². The maximum absolute atomic E-state index is 15.1. The molecule has 0 aliphatic heterocycles. The SMILES string of the molecule is CC(=O)NCc1ccc([C@@](Cc2ccccc2)(NC(=O)c2ccc(C)c(C(F)(F)F)c2)c2cc(F)cc(OC(F)(F)C(F)F)c2)cc1. The van der Waals surface area contributed by atoms with Crippen LogP contribution in [0, 0.1) is 12.7 Å². The van der Waals surface area contributed by atoms with E-state index in [1.54, 1.807) is 42.5 Å². The molecule has 4 rings (SSSR count). The minimum absolute atomic E-state index is 0.109. The fraction of sp³-hybridized carbons (Fsp3) is 0.235. The lowest BCUT2D eigenvalue weighted by atomic mass is 9.77. The Labute approximate surface area is 264 Å². The average Bonchev–Trinajstić information content (AvgIpc) is 2.99. The summed E-state index contributed by atoms with van der Waals surface area (Å²) in [6.07, 6.45) is -14.3. The molecule has 0 saturated carbocycles. The summed E-state index contributed by atoms with van der Waals surface area (Å²) >= 11 is 0. The predicted octanol–water partition coefficient (Wildman–Crippen LogP) is 7.94. The molecule has 0 aliphatic carbocycles. The molecule has 1 atom stereocenters. The molecule has 0 saturated heterocycles. The van der Waals surface area contributed by atoms with Crippen molar-refractivity contribution in [2.24, 2.45) is 0 Å². The van der Waals surface area contributed by atoms with Gasteiger partial charge in [0.25, 0.3) is 5.91 Å². The van der Waals surface area contributed by atoms with Gasteiger partial charge in [-0.25, -0.2) is 4.39 Å². The third kappa shape index (κ3) is 8.46. The maximum Gasteiger partial charge on any atom is 0.461 e. The lowest BCUT2D eigenvalue weighted by molar-refractivity contribution is -0.253. The summed E-state index contributed by atoms with van der Waals surface area (Å²) in [5.74, 6) is -3.54. The summed E-state index contributed by atoms with van der Waals surface area (Å²) < 4.78 is 114. The van der Waals surface area contributed by atoms with Crippen LogP contribution in [-0.4, -0.2) is 24.3 Å². The van der Waals surface area contributed by atoms with Crippen LogP contribution in [0.1, 0.15) is 50.7 Å². The third-order valence-electron chi connectivity index (χ3n) is 7.30. The Balaban J connectivity index is 1.95. The van der Waals surface area contributed by atoms with Crippen LogP contribution >= 0.6 is 0 Å². The van der Waals surface area contributed by atoms with E-state index in [-0.39, 0.29) is 35.6 Å². The molecule has 4 aromatic carbocycles. The van der Waals surface area contributed by atoms with E-state index in [1.165, 1.54) is 26.0 Å². The van der Waals surface area contributed by atoms with Gasteiger partial charge in [0.15, 0.2) is 0 Å². The molecule has 0 spiro atoms. The number of alkyl halides is 7. The highest BCUT2D eigenvalue weighted by atomic mass is 19.4. The molecule has 0 fully saturated rings. The Morgan fingerprint density at radius 3 is 2.06 bits per heavy atom. The van der Waals surface area contributed by atoms with Crippen LogP contribution < -0.4 is 15.4 Å². The van der Waals surface area contributed by atoms with E-state index in [0.29, 0.717) is 23.3 Å². The van der Waals surface area contributed by atoms with Gasteiger partial charge in [0.1, 0.15) is 11.6 Å². The topological polar surface area (TPSA) is 67.4 Å². The normalized spacial score (nSPS) is 13.2. The standard InChI is InChI=1S/C34H28F8N2O3/c1-20-8-11-24(14-29(20)33(38,39)40)30(46)44-32(18-22-6-4-3-5-7-22,25-12-9-23(10-13-25)19-43-21(2)45)26-15-27(35)17-28(16-26)47-34(41,42)31(36)37/h3-17,31H,18-19H2,1-2H3,(H,43,45)(H,44,46)/t32-/m1/s1. The van der Waals surface area contributed by atoms with E-state index >= 15 is 4.39 Å². The molecular formula is C34H28F8N2O3.